The summed E-state index contributed by atoms with van der Waals surface area (Å²) in [7, 11) is 0. The number of rotatable bonds is 5. The number of likely N-dealkylation sites (tertiary alicyclic amines) is 1. The second-order valence-electron chi connectivity index (χ2n) is 8.18. The maximum atomic E-state index is 13.0. The number of nitrogens with one attached hydrogen (secondary N) is 1. The molecule has 2 aliphatic heterocycles. The fourth-order valence-corrected chi connectivity index (χ4v) is 4.49. The zero-order valence-electron chi connectivity index (χ0n) is 17.2. The first-order chi connectivity index (χ1) is 14.5. The fourth-order valence-electron chi connectivity index (χ4n) is 4.49. The molecule has 3 amide bonds. The van der Waals surface area contributed by atoms with Crippen molar-refractivity contribution in [2.24, 2.45) is 5.92 Å². The Morgan fingerprint density at radius 2 is 1.67 bits per heavy atom. The second kappa shape index (κ2) is 8.79. The predicted molar refractivity (Wildman–Crippen MR) is 116 cm³/mol. The van der Waals surface area contributed by atoms with Crippen LogP contribution in [0.2, 0.25) is 0 Å². The molecule has 6 nitrogen and oxygen atoms in total. The number of amides is 3. The molecular formula is C24H27N3O3. The summed E-state index contributed by atoms with van der Waals surface area (Å²) in [5.41, 5.74) is 2.56. The van der Waals surface area contributed by atoms with Crippen molar-refractivity contribution in [3.05, 3.63) is 60.2 Å². The van der Waals surface area contributed by atoms with E-state index in [9.17, 15) is 14.4 Å². The molecule has 0 radical (unpaired) electrons. The van der Waals surface area contributed by atoms with Crippen LogP contribution >= 0.6 is 0 Å². The number of piperidine rings is 1. The van der Waals surface area contributed by atoms with Crippen molar-refractivity contribution >= 4 is 29.1 Å². The topological polar surface area (TPSA) is 69.7 Å². The van der Waals surface area contributed by atoms with Gasteiger partial charge in [-0.15, -0.1) is 0 Å². The molecule has 2 saturated heterocycles. The van der Waals surface area contributed by atoms with E-state index in [1.807, 2.05) is 6.07 Å². The van der Waals surface area contributed by atoms with E-state index in [2.05, 4.69) is 34.5 Å². The summed E-state index contributed by atoms with van der Waals surface area (Å²) in [6, 6.07) is 17.0. The summed E-state index contributed by atoms with van der Waals surface area (Å²) in [6.07, 6.45) is 3.38. The van der Waals surface area contributed by atoms with Gasteiger partial charge in [0.2, 0.25) is 11.8 Å². The number of benzene rings is 2. The molecular weight excluding hydrogens is 378 g/mol. The number of carbonyl (C=O) groups is 3. The van der Waals surface area contributed by atoms with Crippen LogP contribution in [0.25, 0.3) is 0 Å². The largest absolute Gasteiger partial charge is 0.326 e. The fraction of sp³-hybridized carbons (Fsp3) is 0.375. The SMILES string of the molecule is CC(=O)Nc1ccc(N2C(=O)CC(N3CCC(Cc4ccccc4)CC3)C2=O)cc1. The highest BCUT2D eigenvalue weighted by molar-refractivity contribution is 6.22. The molecule has 0 aliphatic carbocycles. The van der Waals surface area contributed by atoms with Gasteiger partial charge in [-0.1, -0.05) is 30.3 Å². The van der Waals surface area contributed by atoms with Crippen LogP contribution in [0.5, 0.6) is 0 Å². The number of anilines is 2. The summed E-state index contributed by atoms with van der Waals surface area (Å²) < 4.78 is 0. The minimum absolute atomic E-state index is 0.145. The van der Waals surface area contributed by atoms with Gasteiger partial charge in [-0.2, -0.15) is 0 Å². The van der Waals surface area contributed by atoms with Crippen molar-refractivity contribution in [1.82, 2.24) is 4.90 Å². The average molecular weight is 405 g/mol. The first kappa shape index (κ1) is 20.3. The van der Waals surface area contributed by atoms with Crippen molar-refractivity contribution in [3.63, 3.8) is 0 Å². The van der Waals surface area contributed by atoms with Gasteiger partial charge in [-0.05, 0) is 68.1 Å². The maximum Gasteiger partial charge on any atom is 0.251 e. The predicted octanol–water partition coefficient (Wildman–Crippen LogP) is 3.23. The van der Waals surface area contributed by atoms with E-state index < -0.39 is 0 Å². The van der Waals surface area contributed by atoms with Crippen LogP contribution in [0.15, 0.2) is 54.6 Å². The molecule has 1 unspecified atom stereocenters. The summed E-state index contributed by atoms with van der Waals surface area (Å²) in [4.78, 5) is 40.3. The zero-order chi connectivity index (χ0) is 21.1. The Labute approximate surface area is 176 Å². The number of hydrogen-bond donors (Lipinski definition) is 1. The van der Waals surface area contributed by atoms with Crippen molar-refractivity contribution in [2.45, 2.75) is 38.6 Å². The molecule has 0 saturated carbocycles. The third kappa shape index (κ3) is 4.44. The Morgan fingerprint density at radius 3 is 2.30 bits per heavy atom. The lowest BCUT2D eigenvalue weighted by Gasteiger charge is -2.34. The first-order valence-electron chi connectivity index (χ1n) is 10.5. The van der Waals surface area contributed by atoms with Gasteiger partial charge in [0, 0.05) is 12.6 Å². The normalized spacial score (nSPS) is 20.6. The molecule has 2 aromatic rings. The third-order valence-electron chi connectivity index (χ3n) is 6.03. The Kier molecular flexibility index (Phi) is 5.95. The molecule has 0 bridgehead atoms. The molecule has 0 aromatic heterocycles. The van der Waals surface area contributed by atoms with Crippen LogP contribution in [0.1, 0.15) is 31.7 Å². The van der Waals surface area contributed by atoms with Crippen LogP contribution in [0.4, 0.5) is 11.4 Å². The molecule has 156 valence electrons. The number of carbonyl (C=O) groups excluding carboxylic acids is 3. The molecule has 0 spiro atoms. The Hall–Kier alpha value is -2.99. The quantitative estimate of drug-likeness (QED) is 0.776. The van der Waals surface area contributed by atoms with Crippen LogP contribution in [0.3, 0.4) is 0 Å². The van der Waals surface area contributed by atoms with E-state index in [-0.39, 0.29) is 30.2 Å². The van der Waals surface area contributed by atoms with E-state index >= 15 is 0 Å². The summed E-state index contributed by atoms with van der Waals surface area (Å²) >= 11 is 0. The van der Waals surface area contributed by atoms with Gasteiger partial charge >= 0.3 is 0 Å². The lowest BCUT2D eigenvalue weighted by Crippen LogP contribution is -2.46. The van der Waals surface area contributed by atoms with Crippen molar-refractivity contribution < 1.29 is 14.4 Å². The van der Waals surface area contributed by atoms with Gasteiger partial charge in [0.25, 0.3) is 5.91 Å². The summed E-state index contributed by atoms with van der Waals surface area (Å²) in [6.45, 7) is 3.13. The van der Waals surface area contributed by atoms with Gasteiger partial charge in [0.1, 0.15) is 0 Å². The molecule has 2 fully saturated rings. The minimum atomic E-state index is -0.370. The van der Waals surface area contributed by atoms with E-state index in [1.165, 1.54) is 17.4 Å². The van der Waals surface area contributed by atoms with Crippen molar-refractivity contribution in [2.75, 3.05) is 23.3 Å². The minimum Gasteiger partial charge on any atom is -0.326 e. The number of nitrogens with zero attached hydrogens (tertiary/aromatic N) is 2. The molecule has 2 aromatic carbocycles. The molecule has 1 N–H and O–H groups in total. The van der Waals surface area contributed by atoms with Gasteiger partial charge in [0.05, 0.1) is 18.2 Å². The van der Waals surface area contributed by atoms with Gasteiger partial charge in [0.15, 0.2) is 0 Å². The molecule has 2 aliphatic rings. The zero-order valence-corrected chi connectivity index (χ0v) is 17.2. The van der Waals surface area contributed by atoms with Crippen LogP contribution in [-0.2, 0) is 20.8 Å². The van der Waals surface area contributed by atoms with E-state index in [0.29, 0.717) is 17.3 Å². The molecule has 30 heavy (non-hydrogen) atoms. The average Bonchev–Trinajstić information content (AvgIpc) is 3.04. The Balaban J connectivity index is 1.37. The van der Waals surface area contributed by atoms with Crippen molar-refractivity contribution in [1.29, 1.82) is 0 Å². The third-order valence-corrected chi connectivity index (χ3v) is 6.03. The lowest BCUT2D eigenvalue weighted by molar-refractivity contribution is -0.123. The standard InChI is InChI=1S/C24H27N3O3/c1-17(28)25-20-7-9-21(10-8-20)27-23(29)16-22(24(27)30)26-13-11-19(12-14-26)15-18-5-3-2-4-6-18/h2-10,19,22H,11-16H2,1H3,(H,25,28). The van der Waals surface area contributed by atoms with E-state index in [4.69, 9.17) is 0 Å². The lowest BCUT2D eigenvalue weighted by atomic mass is 9.89. The van der Waals surface area contributed by atoms with Gasteiger partial charge in [-0.3, -0.25) is 19.3 Å². The van der Waals surface area contributed by atoms with Gasteiger partial charge in [-0.25, -0.2) is 4.90 Å². The van der Waals surface area contributed by atoms with E-state index in [0.717, 1.165) is 32.4 Å². The van der Waals surface area contributed by atoms with Crippen LogP contribution in [0, 0.1) is 5.92 Å². The number of imide groups is 1. The van der Waals surface area contributed by atoms with Crippen LogP contribution in [-0.4, -0.2) is 41.8 Å². The molecule has 6 heteroatoms. The maximum absolute atomic E-state index is 13.0. The summed E-state index contributed by atoms with van der Waals surface area (Å²) in [5.74, 6) is 0.151. The van der Waals surface area contributed by atoms with Gasteiger partial charge < -0.3 is 5.32 Å². The molecule has 2 heterocycles. The summed E-state index contributed by atoms with van der Waals surface area (Å²) in [5, 5.41) is 2.69. The molecule has 1 atom stereocenters. The van der Waals surface area contributed by atoms with Crippen LogP contribution < -0.4 is 10.2 Å². The smallest absolute Gasteiger partial charge is 0.251 e. The van der Waals surface area contributed by atoms with Crippen molar-refractivity contribution in [3.8, 4) is 0 Å². The number of hydrogen-bond acceptors (Lipinski definition) is 4. The second-order valence-corrected chi connectivity index (χ2v) is 8.18. The molecule has 4 rings (SSSR count). The highest BCUT2D eigenvalue weighted by atomic mass is 16.2. The Bertz CT molecular complexity index is 918. The first-order valence-corrected chi connectivity index (χ1v) is 10.5. The van der Waals surface area contributed by atoms with E-state index in [1.54, 1.807) is 24.3 Å². The highest BCUT2D eigenvalue weighted by Crippen LogP contribution is 2.30. The monoisotopic (exact) mass is 405 g/mol. The Morgan fingerprint density at radius 1 is 1.00 bits per heavy atom. The highest BCUT2D eigenvalue weighted by Gasteiger charge is 2.43.